The molecule has 1 unspecified atom stereocenters. The standard InChI is InChI=1S/C10H17NOS/c1-8-12-10(7-13-8)6-11-4-2-9(10)3-5-11/h8-9H,2-7H2,1H3/t8-,10?/m1/s1. The molecule has 0 aromatic rings. The van der Waals surface area contributed by atoms with E-state index in [0.29, 0.717) is 5.44 Å². The lowest BCUT2D eigenvalue weighted by Gasteiger charge is -2.50. The van der Waals surface area contributed by atoms with Crippen molar-refractivity contribution in [3.05, 3.63) is 0 Å². The Bertz CT molecular complexity index is 215. The van der Waals surface area contributed by atoms with E-state index in [0.717, 1.165) is 5.92 Å². The molecule has 4 rings (SSSR count). The Morgan fingerprint density at radius 2 is 2.15 bits per heavy atom. The summed E-state index contributed by atoms with van der Waals surface area (Å²) in [5, 5.41) is 0. The zero-order valence-electron chi connectivity index (χ0n) is 8.16. The van der Waals surface area contributed by atoms with Crippen LogP contribution in [0.3, 0.4) is 0 Å². The van der Waals surface area contributed by atoms with Crippen molar-refractivity contribution in [1.82, 2.24) is 4.90 Å². The molecule has 4 saturated heterocycles. The van der Waals surface area contributed by atoms with Gasteiger partial charge in [0, 0.05) is 12.3 Å². The normalized spacial score (nSPS) is 54.7. The van der Waals surface area contributed by atoms with Gasteiger partial charge < -0.3 is 9.64 Å². The molecule has 4 aliphatic heterocycles. The average Bonchev–Trinajstić information content (AvgIpc) is 2.49. The van der Waals surface area contributed by atoms with Gasteiger partial charge in [-0.15, -0.1) is 11.8 Å². The van der Waals surface area contributed by atoms with Crippen LogP contribution in [0.25, 0.3) is 0 Å². The van der Waals surface area contributed by atoms with Crippen molar-refractivity contribution in [3.8, 4) is 0 Å². The minimum Gasteiger partial charge on any atom is -0.359 e. The van der Waals surface area contributed by atoms with Gasteiger partial charge in [-0.1, -0.05) is 0 Å². The smallest absolute Gasteiger partial charge is 0.101 e. The van der Waals surface area contributed by atoms with Gasteiger partial charge in [-0.25, -0.2) is 0 Å². The Kier molecular flexibility index (Phi) is 1.90. The first-order valence-electron chi connectivity index (χ1n) is 5.30. The highest BCUT2D eigenvalue weighted by molar-refractivity contribution is 8.00. The van der Waals surface area contributed by atoms with Crippen LogP contribution < -0.4 is 0 Å². The maximum atomic E-state index is 6.14. The van der Waals surface area contributed by atoms with Gasteiger partial charge in [0.25, 0.3) is 0 Å². The molecule has 0 saturated carbocycles. The lowest BCUT2D eigenvalue weighted by Crippen LogP contribution is -2.60. The fourth-order valence-corrected chi connectivity index (χ4v) is 4.25. The lowest BCUT2D eigenvalue weighted by atomic mass is 9.76. The second kappa shape index (κ2) is 2.88. The molecule has 0 aliphatic carbocycles. The van der Waals surface area contributed by atoms with E-state index >= 15 is 0 Å². The third kappa shape index (κ3) is 1.24. The molecule has 13 heavy (non-hydrogen) atoms. The van der Waals surface area contributed by atoms with Crippen LogP contribution in [0.5, 0.6) is 0 Å². The lowest BCUT2D eigenvalue weighted by molar-refractivity contribution is -0.133. The summed E-state index contributed by atoms with van der Waals surface area (Å²) in [7, 11) is 0. The molecule has 2 bridgehead atoms. The molecule has 0 aromatic heterocycles. The van der Waals surface area contributed by atoms with E-state index in [1.165, 1.54) is 38.2 Å². The van der Waals surface area contributed by atoms with E-state index in [-0.39, 0.29) is 5.60 Å². The van der Waals surface area contributed by atoms with Crippen LogP contribution in [0.4, 0.5) is 0 Å². The van der Waals surface area contributed by atoms with Crippen LogP contribution >= 0.6 is 11.8 Å². The molecule has 4 aliphatic rings. The summed E-state index contributed by atoms with van der Waals surface area (Å²) in [6.07, 6.45) is 2.74. The quantitative estimate of drug-likeness (QED) is 0.587. The highest BCUT2D eigenvalue weighted by Crippen LogP contribution is 2.46. The number of piperidine rings is 3. The summed E-state index contributed by atoms with van der Waals surface area (Å²) in [6.45, 7) is 6.02. The van der Waals surface area contributed by atoms with Crippen LogP contribution in [-0.4, -0.2) is 41.3 Å². The minimum atomic E-state index is 0.251. The second-order valence-corrected chi connectivity index (χ2v) is 5.90. The first kappa shape index (κ1) is 8.57. The molecule has 2 nitrogen and oxygen atoms in total. The highest BCUT2D eigenvalue weighted by atomic mass is 32.2. The number of hydrogen-bond acceptors (Lipinski definition) is 3. The maximum Gasteiger partial charge on any atom is 0.101 e. The Hall–Kier alpha value is 0.270. The van der Waals surface area contributed by atoms with Gasteiger partial charge in [-0.05, 0) is 38.8 Å². The van der Waals surface area contributed by atoms with Gasteiger partial charge >= 0.3 is 0 Å². The van der Waals surface area contributed by atoms with E-state index in [4.69, 9.17) is 4.74 Å². The molecular weight excluding hydrogens is 182 g/mol. The molecule has 4 fully saturated rings. The van der Waals surface area contributed by atoms with Crippen LogP contribution in [0.2, 0.25) is 0 Å². The number of ether oxygens (including phenoxy) is 1. The van der Waals surface area contributed by atoms with E-state index < -0.39 is 0 Å². The Labute approximate surface area is 84.0 Å². The van der Waals surface area contributed by atoms with Crippen LogP contribution in [0.1, 0.15) is 19.8 Å². The van der Waals surface area contributed by atoms with E-state index in [2.05, 4.69) is 11.8 Å². The van der Waals surface area contributed by atoms with Gasteiger partial charge in [-0.3, -0.25) is 0 Å². The molecule has 3 heteroatoms. The molecule has 4 heterocycles. The monoisotopic (exact) mass is 199 g/mol. The summed E-state index contributed by atoms with van der Waals surface area (Å²) in [4.78, 5) is 2.58. The number of hydrogen-bond donors (Lipinski definition) is 0. The van der Waals surface area contributed by atoms with Crippen molar-refractivity contribution in [2.45, 2.75) is 30.8 Å². The average molecular weight is 199 g/mol. The van der Waals surface area contributed by atoms with Crippen molar-refractivity contribution in [1.29, 1.82) is 0 Å². The fourth-order valence-electron chi connectivity index (χ4n) is 3.08. The van der Waals surface area contributed by atoms with Crippen molar-refractivity contribution < 1.29 is 4.74 Å². The number of thioether (sulfide) groups is 1. The number of nitrogens with zero attached hydrogens (tertiary/aromatic N) is 1. The predicted molar refractivity (Wildman–Crippen MR) is 54.9 cm³/mol. The molecule has 2 atom stereocenters. The Balaban J connectivity index is 1.83. The molecule has 1 spiro atoms. The fraction of sp³-hybridized carbons (Fsp3) is 1.00. The van der Waals surface area contributed by atoms with Crippen molar-refractivity contribution >= 4 is 11.8 Å². The zero-order chi connectivity index (χ0) is 8.89. The predicted octanol–water partition coefficient (Wildman–Crippen LogP) is 1.56. The van der Waals surface area contributed by atoms with Crippen molar-refractivity contribution in [2.24, 2.45) is 5.92 Å². The molecule has 0 amide bonds. The van der Waals surface area contributed by atoms with E-state index in [1.54, 1.807) is 0 Å². The van der Waals surface area contributed by atoms with E-state index in [9.17, 15) is 0 Å². The van der Waals surface area contributed by atoms with Gasteiger partial charge in [0.05, 0.1) is 5.60 Å². The Morgan fingerprint density at radius 3 is 2.62 bits per heavy atom. The zero-order valence-corrected chi connectivity index (χ0v) is 8.98. The summed E-state index contributed by atoms with van der Waals surface area (Å²) in [6, 6.07) is 0. The molecule has 74 valence electrons. The molecular formula is C10H17NOS. The largest absolute Gasteiger partial charge is 0.359 e. The number of rotatable bonds is 0. The Morgan fingerprint density at radius 1 is 1.38 bits per heavy atom. The van der Waals surface area contributed by atoms with Crippen molar-refractivity contribution in [2.75, 3.05) is 25.4 Å². The van der Waals surface area contributed by atoms with Gasteiger partial charge in [-0.2, -0.15) is 0 Å². The van der Waals surface area contributed by atoms with Crippen LogP contribution in [-0.2, 0) is 4.74 Å². The van der Waals surface area contributed by atoms with E-state index in [1.807, 2.05) is 11.8 Å². The SMILES string of the molecule is C[C@@H]1OC2(CS1)CN1CCC2CC1. The third-order valence-electron chi connectivity index (χ3n) is 3.79. The first-order valence-corrected chi connectivity index (χ1v) is 6.35. The van der Waals surface area contributed by atoms with Gasteiger partial charge in [0.1, 0.15) is 5.44 Å². The number of fused-ring (bicyclic) bond motifs is 2. The maximum absolute atomic E-state index is 6.14. The summed E-state index contributed by atoms with van der Waals surface area (Å²) >= 11 is 1.99. The topological polar surface area (TPSA) is 12.5 Å². The summed E-state index contributed by atoms with van der Waals surface area (Å²) < 4.78 is 6.14. The van der Waals surface area contributed by atoms with Gasteiger partial charge in [0.2, 0.25) is 0 Å². The van der Waals surface area contributed by atoms with Gasteiger partial charge in [0.15, 0.2) is 0 Å². The highest BCUT2D eigenvalue weighted by Gasteiger charge is 2.51. The third-order valence-corrected chi connectivity index (χ3v) is 5.01. The molecule has 0 N–H and O–H groups in total. The molecule has 0 aromatic carbocycles. The van der Waals surface area contributed by atoms with Crippen LogP contribution in [0.15, 0.2) is 0 Å². The summed E-state index contributed by atoms with van der Waals surface area (Å²) in [5.41, 5.74) is 0.682. The minimum absolute atomic E-state index is 0.251. The summed E-state index contributed by atoms with van der Waals surface area (Å²) in [5.74, 6) is 2.09. The second-order valence-electron chi connectivity index (χ2n) is 4.61. The van der Waals surface area contributed by atoms with Crippen molar-refractivity contribution in [3.63, 3.8) is 0 Å². The first-order chi connectivity index (χ1) is 6.28. The molecule has 0 radical (unpaired) electrons. The van der Waals surface area contributed by atoms with Crippen LogP contribution in [0, 0.1) is 5.92 Å².